The molecule has 0 bridgehead atoms. The molecule has 0 amide bonds. The maximum atomic E-state index is 5.40. The molecule has 3 rings (SSSR count). The second-order valence-electron chi connectivity index (χ2n) is 7.00. The number of guanidine groups is 1. The molecule has 3 heterocycles. The maximum absolute atomic E-state index is 5.40. The normalized spacial score (nSPS) is 15.1. The largest absolute Gasteiger partial charge is 0.469 e. The van der Waals surface area contributed by atoms with Crippen molar-refractivity contribution in [3.05, 3.63) is 48.7 Å². The molecule has 0 saturated carbocycles. The van der Waals surface area contributed by atoms with E-state index in [9.17, 15) is 0 Å². The van der Waals surface area contributed by atoms with Crippen molar-refractivity contribution >= 4 is 47.4 Å². The number of furan rings is 1. The number of anilines is 1. The summed E-state index contributed by atoms with van der Waals surface area (Å²) in [6.07, 6.45) is 10.8. The van der Waals surface area contributed by atoms with Gasteiger partial charge >= 0.3 is 0 Å². The molecule has 8 heteroatoms. The predicted molar refractivity (Wildman–Crippen MR) is 134 cm³/mol. The Hall–Kier alpha value is -1.42. The number of piperidine rings is 1. The molecular formula is C21H32IN5OS. The molecule has 1 fully saturated rings. The Morgan fingerprint density at radius 2 is 1.97 bits per heavy atom. The second-order valence-corrected chi connectivity index (χ2v) is 7.99. The third-order valence-electron chi connectivity index (χ3n) is 4.99. The number of aromatic nitrogens is 1. The van der Waals surface area contributed by atoms with E-state index < -0.39 is 0 Å². The van der Waals surface area contributed by atoms with E-state index in [-0.39, 0.29) is 24.0 Å². The van der Waals surface area contributed by atoms with Gasteiger partial charge in [-0.15, -0.1) is 24.0 Å². The summed E-state index contributed by atoms with van der Waals surface area (Å²) in [5, 5.41) is 6.89. The first-order valence-corrected chi connectivity index (χ1v) is 11.4. The lowest BCUT2D eigenvalue weighted by atomic mass is 9.97. The van der Waals surface area contributed by atoms with Crippen LogP contribution >= 0.6 is 35.7 Å². The first-order valence-electron chi connectivity index (χ1n) is 10.0. The quantitative estimate of drug-likeness (QED) is 0.224. The highest BCUT2D eigenvalue weighted by Crippen LogP contribution is 2.22. The van der Waals surface area contributed by atoms with Crippen molar-refractivity contribution in [1.29, 1.82) is 0 Å². The highest BCUT2D eigenvalue weighted by molar-refractivity contribution is 14.0. The fourth-order valence-electron chi connectivity index (χ4n) is 3.35. The minimum atomic E-state index is 0. The standard InChI is InChI=1S/C21H31N5OS.HI/c1-28-16-12-24-21(23-11-6-20-3-2-15-27-20)25-17-18-7-13-26(14-8-18)19-4-9-22-10-5-19;/h2-5,9-10,15,18H,6-8,11-14,16-17H2,1H3,(H2,23,24,25);1H. The van der Waals surface area contributed by atoms with E-state index in [0.29, 0.717) is 5.92 Å². The maximum Gasteiger partial charge on any atom is 0.191 e. The van der Waals surface area contributed by atoms with Crippen molar-refractivity contribution in [3.63, 3.8) is 0 Å². The number of pyridine rings is 1. The summed E-state index contributed by atoms with van der Waals surface area (Å²) in [4.78, 5) is 11.4. The van der Waals surface area contributed by atoms with Crippen molar-refractivity contribution < 1.29 is 4.42 Å². The van der Waals surface area contributed by atoms with Crippen LogP contribution in [0.1, 0.15) is 18.6 Å². The zero-order chi connectivity index (χ0) is 19.4. The van der Waals surface area contributed by atoms with Crippen LogP contribution in [0.3, 0.4) is 0 Å². The van der Waals surface area contributed by atoms with Crippen LogP contribution in [-0.4, -0.2) is 55.7 Å². The Labute approximate surface area is 195 Å². The van der Waals surface area contributed by atoms with E-state index in [0.717, 1.165) is 56.6 Å². The number of aliphatic imine (C=N–C) groups is 1. The molecule has 2 aromatic heterocycles. The van der Waals surface area contributed by atoms with Gasteiger partial charge < -0.3 is 20.0 Å². The van der Waals surface area contributed by atoms with Gasteiger partial charge in [0.1, 0.15) is 5.76 Å². The first-order chi connectivity index (χ1) is 13.8. The van der Waals surface area contributed by atoms with Crippen LogP contribution in [-0.2, 0) is 6.42 Å². The highest BCUT2D eigenvalue weighted by Gasteiger charge is 2.19. The first kappa shape index (κ1) is 23.9. The molecule has 6 nitrogen and oxygen atoms in total. The highest BCUT2D eigenvalue weighted by atomic mass is 127. The smallest absolute Gasteiger partial charge is 0.191 e. The van der Waals surface area contributed by atoms with Gasteiger partial charge in [0.15, 0.2) is 5.96 Å². The lowest BCUT2D eigenvalue weighted by molar-refractivity contribution is 0.414. The molecule has 160 valence electrons. The summed E-state index contributed by atoms with van der Waals surface area (Å²) in [5.41, 5.74) is 1.27. The van der Waals surface area contributed by atoms with Crippen molar-refractivity contribution in [2.24, 2.45) is 10.9 Å². The molecule has 0 spiro atoms. The SMILES string of the molecule is CSCCNC(=NCC1CCN(c2ccncc2)CC1)NCCc1ccco1.I. The third-order valence-corrected chi connectivity index (χ3v) is 5.60. The lowest BCUT2D eigenvalue weighted by Gasteiger charge is -2.33. The van der Waals surface area contributed by atoms with Gasteiger partial charge in [-0.05, 0) is 49.3 Å². The third kappa shape index (κ3) is 8.46. The topological polar surface area (TPSA) is 65.7 Å². The molecule has 29 heavy (non-hydrogen) atoms. The van der Waals surface area contributed by atoms with E-state index in [2.05, 4.69) is 38.9 Å². The molecule has 2 aromatic rings. The number of hydrogen-bond acceptors (Lipinski definition) is 5. The minimum Gasteiger partial charge on any atom is -0.469 e. The van der Waals surface area contributed by atoms with Gasteiger partial charge in [-0.3, -0.25) is 9.98 Å². The molecule has 2 N–H and O–H groups in total. The molecule has 0 unspecified atom stereocenters. The molecule has 0 aliphatic carbocycles. The molecule has 1 aliphatic heterocycles. The van der Waals surface area contributed by atoms with Gasteiger partial charge in [-0.1, -0.05) is 0 Å². The van der Waals surface area contributed by atoms with Crippen molar-refractivity contribution in [2.45, 2.75) is 19.3 Å². The average Bonchev–Trinajstić information content (AvgIpc) is 3.26. The van der Waals surface area contributed by atoms with Crippen LogP contribution in [0.5, 0.6) is 0 Å². The predicted octanol–water partition coefficient (Wildman–Crippen LogP) is 3.65. The van der Waals surface area contributed by atoms with Crippen molar-refractivity contribution in [3.8, 4) is 0 Å². The summed E-state index contributed by atoms with van der Waals surface area (Å²) in [7, 11) is 0. The van der Waals surface area contributed by atoms with E-state index in [1.807, 2.05) is 36.3 Å². The molecule has 1 aliphatic rings. The summed E-state index contributed by atoms with van der Waals surface area (Å²) in [6.45, 7) is 4.80. The Balaban J connectivity index is 0.00000300. The zero-order valence-corrected chi connectivity index (χ0v) is 20.2. The Morgan fingerprint density at radius 1 is 1.21 bits per heavy atom. The number of nitrogens with zero attached hydrogens (tertiary/aromatic N) is 3. The number of rotatable bonds is 9. The number of halogens is 1. The van der Waals surface area contributed by atoms with Crippen LogP contribution < -0.4 is 15.5 Å². The lowest BCUT2D eigenvalue weighted by Crippen LogP contribution is -2.40. The van der Waals surface area contributed by atoms with E-state index in [1.165, 1.54) is 18.5 Å². The number of nitrogens with one attached hydrogen (secondary N) is 2. The Kier molecular flexibility index (Phi) is 11.3. The number of thioether (sulfide) groups is 1. The fraction of sp³-hybridized carbons (Fsp3) is 0.524. The van der Waals surface area contributed by atoms with Crippen molar-refractivity contribution in [2.75, 3.05) is 49.6 Å². The van der Waals surface area contributed by atoms with Crippen LogP contribution in [0, 0.1) is 5.92 Å². The van der Waals surface area contributed by atoms with E-state index >= 15 is 0 Å². The molecular weight excluding hydrogens is 497 g/mol. The summed E-state index contributed by atoms with van der Waals surface area (Å²) in [5.74, 6) is 3.63. The van der Waals surface area contributed by atoms with E-state index in [4.69, 9.17) is 9.41 Å². The van der Waals surface area contributed by atoms with Crippen LogP contribution in [0.4, 0.5) is 5.69 Å². The van der Waals surface area contributed by atoms with Gasteiger partial charge in [0, 0.05) is 63.0 Å². The van der Waals surface area contributed by atoms with E-state index in [1.54, 1.807) is 6.26 Å². The summed E-state index contributed by atoms with van der Waals surface area (Å²) < 4.78 is 5.40. The van der Waals surface area contributed by atoms with Gasteiger partial charge in [-0.2, -0.15) is 11.8 Å². The van der Waals surface area contributed by atoms with Crippen LogP contribution in [0.25, 0.3) is 0 Å². The van der Waals surface area contributed by atoms with Gasteiger partial charge in [0.05, 0.1) is 6.26 Å². The van der Waals surface area contributed by atoms with Crippen LogP contribution in [0.2, 0.25) is 0 Å². The van der Waals surface area contributed by atoms with Crippen LogP contribution in [0.15, 0.2) is 52.3 Å². The fourth-order valence-corrected chi connectivity index (χ4v) is 3.66. The molecule has 1 saturated heterocycles. The second kappa shape index (κ2) is 13.7. The monoisotopic (exact) mass is 529 g/mol. The number of hydrogen-bond donors (Lipinski definition) is 2. The van der Waals surface area contributed by atoms with Gasteiger partial charge in [-0.25, -0.2) is 0 Å². The Morgan fingerprint density at radius 3 is 2.66 bits per heavy atom. The summed E-state index contributed by atoms with van der Waals surface area (Å²) in [6, 6.07) is 8.12. The van der Waals surface area contributed by atoms with Gasteiger partial charge in [0.2, 0.25) is 0 Å². The molecule has 0 atom stereocenters. The van der Waals surface area contributed by atoms with Crippen molar-refractivity contribution in [1.82, 2.24) is 15.6 Å². The summed E-state index contributed by atoms with van der Waals surface area (Å²) >= 11 is 1.84. The van der Waals surface area contributed by atoms with Gasteiger partial charge in [0.25, 0.3) is 0 Å². The zero-order valence-electron chi connectivity index (χ0n) is 17.0. The Bertz CT molecular complexity index is 690. The molecule has 0 radical (unpaired) electrons. The minimum absolute atomic E-state index is 0. The average molecular weight is 529 g/mol. The molecule has 0 aromatic carbocycles.